The number of nitrogens with one attached hydrogen (secondary N) is 1. The van der Waals surface area contributed by atoms with Crippen molar-refractivity contribution in [2.45, 2.75) is 19.3 Å². The Morgan fingerprint density at radius 3 is 2.33 bits per heavy atom. The molecule has 120 valence electrons. The zero-order valence-electron chi connectivity index (χ0n) is 13.5. The fourth-order valence-electron chi connectivity index (χ4n) is 3.59. The van der Waals surface area contributed by atoms with E-state index in [0.717, 1.165) is 20.3 Å². The molecule has 0 atom stereocenters. The van der Waals surface area contributed by atoms with Gasteiger partial charge in [0.1, 0.15) is 0 Å². The molecule has 0 amide bonds. The van der Waals surface area contributed by atoms with Crippen LogP contribution in [0, 0.1) is 0 Å². The van der Waals surface area contributed by atoms with Crippen molar-refractivity contribution in [2.75, 3.05) is 5.32 Å². The van der Waals surface area contributed by atoms with Crippen LogP contribution in [0.15, 0.2) is 69.6 Å². The molecule has 0 aliphatic heterocycles. The van der Waals surface area contributed by atoms with Crippen LogP contribution >= 0.6 is 31.9 Å². The summed E-state index contributed by atoms with van der Waals surface area (Å²) in [6.45, 7) is 4.61. The zero-order chi connectivity index (χ0) is 16.9. The third kappa shape index (κ3) is 2.42. The lowest BCUT2D eigenvalue weighted by molar-refractivity contribution is 0.660. The molecular formula is C21H17Br2N. The van der Waals surface area contributed by atoms with Gasteiger partial charge in [0.15, 0.2) is 0 Å². The molecule has 0 unspecified atom stereocenters. The molecule has 1 N–H and O–H groups in total. The number of benzene rings is 3. The number of hydrogen-bond donors (Lipinski definition) is 1. The maximum atomic E-state index is 3.65. The van der Waals surface area contributed by atoms with E-state index in [2.05, 4.69) is 106 Å². The van der Waals surface area contributed by atoms with Gasteiger partial charge in [-0.3, -0.25) is 0 Å². The van der Waals surface area contributed by atoms with Gasteiger partial charge in [0.25, 0.3) is 0 Å². The molecular weight excluding hydrogens is 426 g/mol. The van der Waals surface area contributed by atoms with Crippen LogP contribution in [0.25, 0.3) is 11.1 Å². The molecule has 1 nitrogen and oxygen atoms in total. The van der Waals surface area contributed by atoms with Crippen LogP contribution in [-0.2, 0) is 5.41 Å². The molecule has 0 radical (unpaired) electrons. The van der Waals surface area contributed by atoms with Crippen LogP contribution in [0.3, 0.4) is 0 Å². The normalized spacial score (nSPS) is 14.2. The van der Waals surface area contributed by atoms with E-state index in [0.29, 0.717) is 0 Å². The second-order valence-electron chi connectivity index (χ2n) is 6.65. The van der Waals surface area contributed by atoms with Gasteiger partial charge in [0, 0.05) is 25.6 Å². The fourth-order valence-corrected chi connectivity index (χ4v) is 4.74. The third-order valence-electron chi connectivity index (χ3n) is 4.81. The van der Waals surface area contributed by atoms with Crippen LogP contribution in [0.4, 0.5) is 11.4 Å². The van der Waals surface area contributed by atoms with Gasteiger partial charge in [-0.2, -0.15) is 0 Å². The SMILES string of the molecule is CC1(C)c2ccccc2-c2c(Nc3ccc(Br)cc3Br)cccc21. The Morgan fingerprint density at radius 1 is 0.792 bits per heavy atom. The summed E-state index contributed by atoms with van der Waals surface area (Å²) in [5.41, 5.74) is 7.65. The van der Waals surface area contributed by atoms with E-state index in [-0.39, 0.29) is 5.41 Å². The molecule has 1 aliphatic carbocycles. The number of halogens is 2. The van der Waals surface area contributed by atoms with Crippen molar-refractivity contribution in [2.24, 2.45) is 0 Å². The minimum Gasteiger partial charge on any atom is -0.354 e. The molecule has 0 saturated carbocycles. The fraction of sp³-hybridized carbons (Fsp3) is 0.143. The van der Waals surface area contributed by atoms with Gasteiger partial charge in [0.05, 0.1) is 5.69 Å². The molecule has 0 fully saturated rings. The molecule has 1 aliphatic rings. The average Bonchev–Trinajstić information content (AvgIpc) is 2.80. The minimum absolute atomic E-state index is 0.0283. The number of fused-ring (bicyclic) bond motifs is 3. The average molecular weight is 443 g/mol. The predicted molar refractivity (Wildman–Crippen MR) is 109 cm³/mol. The maximum Gasteiger partial charge on any atom is 0.0529 e. The van der Waals surface area contributed by atoms with E-state index in [1.165, 1.54) is 22.3 Å². The predicted octanol–water partition coefficient (Wildman–Crippen LogP) is 7.26. The maximum absolute atomic E-state index is 3.65. The number of anilines is 2. The summed E-state index contributed by atoms with van der Waals surface area (Å²) < 4.78 is 2.10. The molecule has 0 aromatic heterocycles. The van der Waals surface area contributed by atoms with Gasteiger partial charge in [-0.15, -0.1) is 0 Å². The van der Waals surface area contributed by atoms with E-state index in [4.69, 9.17) is 0 Å². The lowest BCUT2D eigenvalue weighted by atomic mass is 9.82. The second-order valence-corrected chi connectivity index (χ2v) is 8.42. The monoisotopic (exact) mass is 441 g/mol. The number of hydrogen-bond acceptors (Lipinski definition) is 1. The summed E-state index contributed by atoms with van der Waals surface area (Å²) in [6, 6.07) is 21.5. The first-order valence-electron chi connectivity index (χ1n) is 7.94. The topological polar surface area (TPSA) is 12.0 Å². The third-order valence-corrected chi connectivity index (χ3v) is 5.96. The summed E-state index contributed by atoms with van der Waals surface area (Å²) in [6.07, 6.45) is 0. The molecule has 0 saturated heterocycles. The Hall–Kier alpha value is -1.58. The van der Waals surface area contributed by atoms with E-state index in [1.54, 1.807) is 0 Å². The van der Waals surface area contributed by atoms with Crippen molar-refractivity contribution in [1.82, 2.24) is 0 Å². The van der Waals surface area contributed by atoms with Gasteiger partial charge in [-0.05, 0) is 56.9 Å². The van der Waals surface area contributed by atoms with Gasteiger partial charge in [0.2, 0.25) is 0 Å². The van der Waals surface area contributed by atoms with Gasteiger partial charge in [-0.25, -0.2) is 0 Å². The molecule has 3 aromatic rings. The minimum atomic E-state index is 0.0283. The first-order chi connectivity index (χ1) is 11.5. The molecule has 4 rings (SSSR count). The highest BCUT2D eigenvalue weighted by Gasteiger charge is 2.36. The summed E-state index contributed by atoms with van der Waals surface area (Å²) in [5.74, 6) is 0. The molecule has 0 bridgehead atoms. The van der Waals surface area contributed by atoms with E-state index < -0.39 is 0 Å². The van der Waals surface area contributed by atoms with Crippen molar-refractivity contribution in [3.63, 3.8) is 0 Å². The second kappa shape index (κ2) is 5.75. The lowest BCUT2D eigenvalue weighted by Crippen LogP contribution is -2.14. The van der Waals surface area contributed by atoms with E-state index in [9.17, 15) is 0 Å². The summed E-state index contributed by atoms with van der Waals surface area (Å²) in [4.78, 5) is 0. The van der Waals surface area contributed by atoms with Crippen molar-refractivity contribution in [1.29, 1.82) is 0 Å². The van der Waals surface area contributed by atoms with Crippen molar-refractivity contribution in [3.8, 4) is 11.1 Å². The summed E-state index contributed by atoms with van der Waals surface area (Å²) in [5, 5.41) is 3.61. The Kier molecular flexibility index (Phi) is 3.81. The quantitative estimate of drug-likeness (QED) is 0.440. The van der Waals surface area contributed by atoms with E-state index in [1.807, 2.05) is 6.07 Å². The van der Waals surface area contributed by atoms with Gasteiger partial charge in [-0.1, -0.05) is 66.2 Å². The van der Waals surface area contributed by atoms with Crippen LogP contribution in [0.5, 0.6) is 0 Å². The molecule has 3 heteroatoms. The largest absolute Gasteiger partial charge is 0.354 e. The smallest absolute Gasteiger partial charge is 0.0529 e. The Balaban J connectivity index is 1.88. The van der Waals surface area contributed by atoms with Gasteiger partial charge < -0.3 is 5.32 Å². The standard InChI is InChI=1S/C21H17Br2N/c1-21(2)15-7-4-3-6-14(15)20-16(21)8-5-9-19(20)24-18-11-10-13(22)12-17(18)23/h3-12,24H,1-2H3. The highest BCUT2D eigenvalue weighted by molar-refractivity contribution is 9.11. The molecule has 24 heavy (non-hydrogen) atoms. The van der Waals surface area contributed by atoms with Crippen molar-refractivity contribution < 1.29 is 0 Å². The highest BCUT2D eigenvalue weighted by Crippen LogP contribution is 2.51. The molecule has 3 aromatic carbocycles. The Bertz CT molecular complexity index is 944. The molecule has 0 spiro atoms. The van der Waals surface area contributed by atoms with Crippen LogP contribution in [0.2, 0.25) is 0 Å². The Morgan fingerprint density at radius 2 is 1.54 bits per heavy atom. The first-order valence-corrected chi connectivity index (χ1v) is 9.52. The van der Waals surface area contributed by atoms with Crippen molar-refractivity contribution in [3.05, 3.63) is 80.7 Å². The van der Waals surface area contributed by atoms with Crippen LogP contribution < -0.4 is 5.32 Å². The summed E-state index contributed by atoms with van der Waals surface area (Å²) >= 11 is 7.16. The molecule has 0 heterocycles. The lowest BCUT2D eigenvalue weighted by Gasteiger charge is -2.21. The summed E-state index contributed by atoms with van der Waals surface area (Å²) in [7, 11) is 0. The van der Waals surface area contributed by atoms with Crippen LogP contribution in [0.1, 0.15) is 25.0 Å². The van der Waals surface area contributed by atoms with E-state index >= 15 is 0 Å². The van der Waals surface area contributed by atoms with Gasteiger partial charge >= 0.3 is 0 Å². The highest BCUT2D eigenvalue weighted by atomic mass is 79.9. The Labute approximate surface area is 159 Å². The number of rotatable bonds is 2. The van der Waals surface area contributed by atoms with Crippen LogP contribution in [-0.4, -0.2) is 0 Å². The van der Waals surface area contributed by atoms with Crippen molar-refractivity contribution >= 4 is 43.2 Å². The zero-order valence-corrected chi connectivity index (χ0v) is 16.7. The first kappa shape index (κ1) is 15.9.